The van der Waals surface area contributed by atoms with E-state index in [0.717, 1.165) is 24.2 Å². The Kier molecular flexibility index (Phi) is 5.80. The molecule has 26 heavy (non-hydrogen) atoms. The standard InChI is InChI=1S/C23H29NO2/c1-4-9-21-15-23(3,18(2)16-24(21)25)20-12-8-13-22(14-20)26-17-19-10-6-5-7-11-19/h4-8,10-14,18,21,25H,1,9,15-17H2,2-3H3/t18-,21+,23+/m0/s1. The highest BCUT2D eigenvalue weighted by Crippen LogP contribution is 2.43. The van der Waals surface area contributed by atoms with Gasteiger partial charge in [0, 0.05) is 12.6 Å². The van der Waals surface area contributed by atoms with Crippen molar-refractivity contribution in [3.05, 3.63) is 78.4 Å². The van der Waals surface area contributed by atoms with Crippen molar-refractivity contribution in [3.8, 4) is 5.75 Å². The Morgan fingerprint density at radius 2 is 2.00 bits per heavy atom. The van der Waals surface area contributed by atoms with Crippen LogP contribution in [0.4, 0.5) is 0 Å². The molecular weight excluding hydrogens is 322 g/mol. The molecule has 3 nitrogen and oxygen atoms in total. The van der Waals surface area contributed by atoms with E-state index in [1.54, 1.807) is 0 Å². The van der Waals surface area contributed by atoms with E-state index < -0.39 is 0 Å². The van der Waals surface area contributed by atoms with Crippen LogP contribution in [0.25, 0.3) is 0 Å². The van der Waals surface area contributed by atoms with E-state index in [4.69, 9.17) is 4.74 Å². The van der Waals surface area contributed by atoms with Gasteiger partial charge in [0.2, 0.25) is 0 Å². The van der Waals surface area contributed by atoms with Gasteiger partial charge < -0.3 is 9.94 Å². The van der Waals surface area contributed by atoms with E-state index in [9.17, 15) is 5.21 Å². The molecule has 1 heterocycles. The number of nitrogens with zero attached hydrogens (tertiary/aromatic N) is 1. The first kappa shape index (κ1) is 18.7. The smallest absolute Gasteiger partial charge is 0.120 e. The quantitative estimate of drug-likeness (QED) is 0.726. The van der Waals surface area contributed by atoms with Gasteiger partial charge in [-0.3, -0.25) is 0 Å². The van der Waals surface area contributed by atoms with Gasteiger partial charge in [0.1, 0.15) is 12.4 Å². The van der Waals surface area contributed by atoms with E-state index in [0.29, 0.717) is 19.1 Å². The van der Waals surface area contributed by atoms with Crippen LogP contribution in [-0.2, 0) is 12.0 Å². The second kappa shape index (κ2) is 8.07. The monoisotopic (exact) mass is 351 g/mol. The second-order valence-corrected chi connectivity index (χ2v) is 7.62. The molecule has 0 aromatic heterocycles. The first-order valence-corrected chi connectivity index (χ1v) is 9.36. The Hall–Kier alpha value is -2.10. The second-order valence-electron chi connectivity index (χ2n) is 7.62. The van der Waals surface area contributed by atoms with Gasteiger partial charge in [-0.2, -0.15) is 5.06 Å². The third kappa shape index (κ3) is 4.00. The molecule has 0 bridgehead atoms. The van der Waals surface area contributed by atoms with Crippen molar-refractivity contribution in [2.24, 2.45) is 5.92 Å². The number of ether oxygens (including phenoxy) is 1. The summed E-state index contributed by atoms with van der Waals surface area (Å²) < 4.78 is 6.02. The number of rotatable bonds is 6. The molecule has 3 atom stereocenters. The lowest BCUT2D eigenvalue weighted by molar-refractivity contribution is -0.167. The van der Waals surface area contributed by atoms with Crippen molar-refractivity contribution < 1.29 is 9.94 Å². The summed E-state index contributed by atoms with van der Waals surface area (Å²) in [5, 5.41) is 11.8. The summed E-state index contributed by atoms with van der Waals surface area (Å²) in [7, 11) is 0. The molecule has 3 rings (SSSR count). The van der Waals surface area contributed by atoms with Crippen LogP contribution < -0.4 is 4.74 Å². The first-order valence-electron chi connectivity index (χ1n) is 9.36. The summed E-state index contributed by atoms with van der Waals surface area (Å²) in [5.74, 6) is 1.24. The molecule has 3 heteroatoms. The number of benzene rings is 2. The molecular formula is C23H29NO2. The minimum absolute atomic E-state index is 0.000969. The fourth-order valence-electron chi connectivity index (χ4n) is 3.91. The molecule has 0 unspecified atom stereocenters. The molecule has 1 saturated heterocycles. The Balaban J connectivity index is 1.78. The topological polar surface area (TPSA) is 32.7 Å². The Bertz CT molecular complexity index is 730. The summed E-state index contributed by atoms with van der Waals surface area (Å²) in [4.78, 5) is 0. The molecule has 0 radical (unpaired) electrons. The molecule has 1 aliphatic heterocycles. The van der Waals surface area contributed by atoms with E-state index in [1.165, 1.54) is 10.6 Å². The highest BCUT2D eigenvalue weighted by molar-refractivity contribution is 5.35. The van der Waals surface area contributed by atoms with Gasteiger partial charge in [0.25, 0.3) is 0 Å². The average molecular weight is 351 g/mol. The molecule has 1 fully saturated rings. The van der Waals surface area contributed by atoms with E-state index >= 15 is 0 Å². The fourth-order valence-corrected chi connectivity index (χ4v) is 3.91. The van der Waals surface area contributed by atoms with Crippen molar-refractivity contribution in [1.82, 2.24) is 5.06 Å². The van der Waals surface area contributed by atoms with Crippen LogP contribution in [-0.4, -0.2) is 22.9 Å². The zero-order valence-electron chi connectivity index (χ0n) is 15.8. The van der Waals surface area contributed by atoms with Gasteiger partial charge in [-0.25, -0.2) is 0 Å². The van der Waals surface area contributed by atoms with Crippen LogP contribution >= 0.6 is 0 Å². The molecule has 138 valence electrons. The van der Waals surface area contributed by atoms with Gasteiger partial charge in [0.15, 0.2) is 0 Å². The molecule has 0 saturated carbocycles. The highest BCUT2D eigenvalue weighted by atomic mass is 16.5. The molecule has 0 aliphatic carbocycles. The van der Waals surface area contributed by atoms with Crippen LogP contribution in [0.15, 0.2) is 67.3 Å². The zero-order valence-corrected chi connectivity index (χ0v) is 15.8. The van der Waals surface area contributed by atoms with Crippen LogP contribution in [0, 0.1) is 5.92 Å². The number of hydrogen-bond donors (Lipinski definition) is 1. The first-order chi connectivity index (χ1) is 12.5. The Morgan fingerprint density at radius 1 is 1.23 bits per heavy atom. The van der Waals surface area contributed by atoms with E-state index in [-0.39, 0.29) is 11.5 Å². The maximum Gasteiger partial charge on any atom is 0.120 e. The van der Waals surface area contributed by atoms with Crippen LogP contribution in [0.3, 0.4) is 0 Å². The fraction of sp³-hybridized carbons (Fsp3) is 0.391. The average Bonchev–Trinajstić information content (AvgIpc) is 2.66. The van der Waals surface area contributed by atoms with Gasteiger partial charge >= 0.3 is 0 Å². The predicted molar refractivity (Wildman–Crippen MR) is 105 cm³/mol. The summed E-state index contributed by atoms with van der Waals surface area (Å²) >= 11 is 0. The minimum Gasteiger partial charge on any atom is -0.489 e. The SMILES string of the molecule is C=CC[C@@H]1C[C@@](C)(c2cccc(OCc3ccccc3)c2)[C@@H](C)CN1O. The number of hydroxylamine groups is 2. The lowest BCUT2D eigenvalue weighted by Gasteiger charge is -2.47. The maximum atomic E-state index is 10.3. The zero-order chi connectivity index (χ0) is 18.6. The van der Waals surface area contributed by atoms with Crippen molar-refractivity contribution in [3.63, 3.8) is 0 Å². The molecule has 0 spiro atoms. The summed E-state index contributed by atoms with van der Waals surface area (Å²) in [6.07, 6.45) is 3.59. The molecule has 1 N–H and O–H groups in total. The number of piperidine rings is 1. The van der Waals surface area contributed by atoms with Crippen LogP contribution in [0.2, 0.25) is 0 Å². The molecule has 1 aliphatic rings. The van der Waals surface area contributed by atoms with Gasteiger partial charge in [-0.1, -0.05) is 62.4 Å². The number of hydrogen-bond acceptors (Lipinski definition) is 3. The molecule has 2 aromatic rings. The van der Waals surface area contributed by atoms with Gasteiger partial charge in [-0.15, -0.1) is 6.58 Å². The predicted octanol–water partition coefficient (Wildman–Crippen LogP) is 5.20. The minimum atomic E-state index is -0.000969. The van der Waals surface area contributed by atoms with Gasteiger partial charge in [0.05, 0.1) is 0 Å². The lowest BCUT2D eigenvalue weighted by atomic mass is 9.66. The molecule has 0 amide bonds. The van der Waals surface area contributed by atoms with E-state index in [2.05, 4.69) is 50.8 Å². The third-order valence-corrected chi connectivity index (χ3v) is 5.81. The Labute approximate surface area is 156 Å². The van der Waals surface area contributed by atoms with Crippen molar-refractivity contribution in [2.75, 3.05) is 6.54 Å². The lowest BCUT2D eigenvalue weighted by Crippen LogP contribution is -2.51. The summed E-state index contributed by atoms with van der Waals surface area (Å²) in [5.41, 5.74) is 2.44. The normalized spacial score (nSPS) is 26.4. The third-order valence-electron chi connectivity index (χ3n) is 5.81. The highest BCUT2D eigenvalue weighted by Gasteiger charge is 2.42. The van der Waals surface area contributed by atoms with Crippen molar-refractivity contribution in [2.45, 2.75) is 44.8 Å². The van der Waals surface area contributed by atoms with Gasteiger partial charge in [-0.05, 0) is 47.4 Å². The summed E-state index contributed by atoms with van der Waals surface area (Å²) in [6.45, 7) is 9.59. The van der Waals surface area contributed by atoms with Crippen LogP contribution in [0.1, 0.15) is 37.8 Å². The van der Waals surface area contributed by atoms with E-state index in [1.807, 2.05) is 30.3 Å². The van der Waals surface area contributed by atoms with Crippen molar-refractivity contribution >= 4 is 0 Å². The largest absolute Gasteiger partial charge is 0.489 e. The Morgan fingerprint density at radius 3 is 2.73 bits per heavy atom. The van der Waals surface area contributed by atoms with Crippen LogP contribution in [0.5, 0.6) is 5.75 Å². The maximum absolute atomic E-state index is 10.3. The summed E-state index contributed by atoms with van der Waals surface area (Å²) in [6, 6.07) is 18.8. The van der Waals surface area contributed by atoms with Crippen molar-refractivity contribution in [1.29, 1.82) is 0 Å². The molecule has 2 aromatic carbocycles.